The lowest BCUT2D eigenvalue weighted by molar-refractivity contribution is -0.137. The van der Waals surface area contributed by atoms with Crippen LogP contribution in [-0.4, -0.2) is 41.1 Å². The summed E-state index contributed by atoms with van der Waals surface area (Å²) in [6, 6.07) is 2.55. The molecule has 0 aromatic carbocycles. The number of nitrogens with zero attached hydrogens (tertiary/aromatic N) is 5. The molecule has 0 bridgehead atoms. The van der Waals surface area contributed by atoms with Gasteiger partial charge in [0, 0.05) is 37.3 Å². The predicted octanol–water partition coefficient (Wildman–Crippen LogP) is 3.92. The summed E-state index contributed by atoms with van der Waals surface area (Å²) in [6.07, 6.45) is 1.59. The van der Waals surface area contributed by atoms with Gasteiger partial charge in [-0.3, -0.25) is 0 Å². The van der Waals surface area contributed by atoms with Gasteiger partial charge in [-0.2, -0.15) is 13.2 Å². The summed E-state index contributed by atoms with van der Waals surface area (Å²) in [7, 11) is 0. The molecule has 146 valence electrons. The van der Waals surface area contributed by atoms with Gasteiger partial charge in [0.2, 0.25) is 0 Å². The van der Waals surface area contributed by atoms with Gasteiger partial charge < -0.3 is 9.80 Å². The Morgan fingerprint density at radius 2 is 1.71 bits per heavy atom. The SMILES string of the molecule is FC(F)(F)c1ccc(N2CCN(c3ncnc4sc5c(c34)CCC5)CC2)nc1. The number of fused-ring (bicyclic) bond motifs is 3. The average molecular weight is 405 g/mol. The zero-order chi connectivity index (χ0) is 19.3. The van der Waals surface area contributed by atoms with Crippen molar-refractivity contribution in [3.05, 3.63) is 40.7 Å². The van der Waals surface area contributed by atoms with E-state index in [1.807, 2.05) is 4.90 Å². The van der Waals surface area contributed by atoms with Crippen molar-refractivity contribution in [2.45, 2.75) is 25.4 Å². The lowest BCUT2D eigenvalue weighted by atomic mass is 10.1. The Hall–Kier alpha value is -2.42. The first-order chi connectivity index (χ1) is 13.5. The van der Waals surface area contributed by atoms with Gasteiger partial charge in [-0.15, -0.1) is 11.3 Å². The molecular weight excluding hydrogens is 387 g/mol. The number of hydrogen-bond acceptors (Lipinski definition) is 6. The van der Waals surface area contributed by atoms with E-state index in [-0.39, 0.29) is 0 Å². The van der Waals surface area contributed by atoms with Gasteiger partial charge in [0.1, 0.15) is 22.8 Å². The lowest BCUT2D eigenvalue weighted by Gasteiger charge is -2.36. The summed E-state index contributed by atoms with van der Waals surface area (Å²) in [5.74, 6) is 1.57. The summed E-state index contributed by atoms with van der Waals surface area (Å²) in [4.78, 5) is 19.8. The van der Waals surface area contributed by atoms with E-state index in [0.717, 1.165) is 48.8 Å². The smallest absolute Gasteiger partial charge is 0.353 e. The molecule has 1 aliphatic heterocycles. The maximum Gasteiger partial charge on any atom is 0.417 e. The topological polar surface area (TPSA) is 45.2 Å². The fraction of sp³-hybridized carbons (Fsp3) is 0.421. The molecule has 5 nitrogen and oxygen atoms in total. The standard InChI is InChI=1S/C19H18F3N5S/c20-19(21,22)12-4-5-15(23-10-12)26-6-8-27(9-7-26)17-16-13-2-1-3-14(13)28-18(16)25-11-24-17/h4-5,10-11H,1-3,6-9H2. The number of thiophene rings is 1. The second kappa shape index (κ2) is 6.58. The number of rotatable bonds is 2. The van der Waals surface area contributed by atoms with Gasteiger partial charge >= 0.3 is 6.18 Å². The van der Waals surface area contributed by atoms with E-state index < -0.39 is 11.7 Å². The number of aryl methyl sites for hydroxylation is 2. The van der Waals surface area contributed by atoms with Crippen molar-refractivity contribution >= 4 is 33.2 Å². The third-order valence-corrected chi connectivity index (χ3v) is 6.66. The lowest BCUT2D eigenvalue weighted by Crippen LogP contribution is -2.47. The summed E-state index contributed by atoms with van der Waals surface area (Å²) in [5.41, 5.74) is 0.687. The second-order valence-electron chi connectivity index (χ2n) is 7.11. The molecule has 0 amide bonds. The molecule has 0 radical (unpaired) electrons. The van der Waals surface area contributed by atoms with Gasteiger partial charge in [-0.25, -0.2) is 15.0 Å². The van der Waals surface area contributed by atoms with Gasteiger partial charge in [-0.05, 0) is 37.0 Å². The molecule has 2 aliphatic rings. The molecule has 0 unspecified atom stereocenters. The Bertz CT molecular complexity index is 1010. The van der Waals surface area contributed by atoms with Crippen molar-refractivity contribution in [2.75, 3.05) is 36.0 Å². The minimum atomic E-state index is -4.36. The van der Waals surface area contributed by atoms with Crippen LogP contribution in [0.15, 0.2) is 24.7 Å². The first kappa shape index (κ1) is 17.7. The van der Waals surface area contributed by atoms with E-state index in [4.69, 9.17) is 0 Å². The van der Waals surface area contributed by atoms with Crippen molar-refractivity contribution in [1.82, 2.24) is 15.0 Å². The number of hydrogen-bond donors (Lipinski definition) is 0. The molecule has 5 rings (SSSR count). The Labute approximate surface area is 163 Å². The van der Waals surface area contributed by atoms with Gasteiger partial charge in [0.15, 0.2) is 0 Å². The fourth-order valence-electron chi connectivity index (χ4n) is 4.04. The number of pyridine rings is 1. The number of piperazine rings is 1. The van der Waals surface area contributed by atoms with Crippen LogP contribution in [0, 0.1) is 0 Å². The van der Waals surface area contributed by atoms with E-state index >= 15 is 0 Å². The second-order valence-corrected chi connectivity index (χ2v) is 8.20. The highest BCUT2D eigenvalue weighted by molar-refractivity contribution is 7.19. The third kappa shape index (κ3) is 2.97. The Balaban J connectivity index is 1.35. The first-order valence-electron chi connectivity index (χ1n) is 9.29. The average Bonchev–Trinajstić information content (AvgIpc) is 3.28. The maximum atomic E-state index is 12.7. The highest BCUT2D eigenvalue weighted by Gasteiger charge is 2.31. The van der Waals surface area contributed by atoms with Crippen LogP contribution in [0.4, 0.5) is 24.8 Å². The van der Waals surface area contributed by atoms with Gasteiger partial charge in [-0.1, -0.05) is 0 Å². The van der Waals surface area contributed by atoms with Crippen molar-refractivity contribution in [3.8, 4) is 0 Å². The van der Waals surface area contributed by atoms with Crippen LogP contribution < -0.4 is 9.80 Å². The van der Waals surface area contributed by atoms with E-state index in [0.29, 0.717) is 18.9 Å². The molecule has 9 heteroatoms. The molecule has 0 saturated carbocycles. The molecule has 0 atom stereocenters. The molecule has 1 fully saturated rings. The largest absolute Gasteiger partial charge is 0.417 e. The van der Waals surface area contributed by atoms with Crippen LogP contribution >= 0.6 is 11.3 Å². The molecule has 1 saturated heterocycles. The summed E-state index contributed by atoms with van der Waals surface area (Å²) >= 11 is 1.78. The van der Waals surface area contributed by atoms with Crippen LogP contribution in [-0.2, 0) is 19.0 Å². The highest BCUT2D eigenvalue weighted by atomic mass is 32.1. The quantitative estimate of drug-likeness (QED) is 0.647. The molecule has 1 aliphatic carbocycles. The van der Waals surface area contributed by atoms with Crippen LogP contribution in [0.3, 0.4) is 0 Å². The van der Waals surface area contributed by atoms with Crippen LogP contribution in [0.2, 0.25) is 0 Å². The molecule has 28 heavy (non-hydrogen) atoms. The monoisotopic (exact) mass is 405 g/mol. The number of halogens is 3. The maximum absolute atomic E-state index is 12.7. The van der Waals surface area contributed by atoms with E-state index in [9.17, 15) is 13.2 Å². The zero-order valence-electron chi connectivity index (χ0n) is 15.0. The molecule has 3 aromatic heterocycles. The fourth-order valence-corrected chi connectivity index (χ4v) is 5.26. The molecule has 3 aromatic rings. The van der Waals surface area contributed by atoms with Crippen LogP contribution in [0.25, 0.3) is 10.2 Å². The minimum absolute atomic E-state index is 0.580. The summed E-state index contributed by atoms with van der Waals surface area (Å²) in [5, 5.41) is 1.20. The van der Waals surface area contributed by atoms with Crippen molar-refractivity contribution in [2.24, 2.45) is 0 Å². The van der Waals surface area contributed by atoms with Crippen molar-refractivity contribution in [3.63, 3.8) is 0 Å². The first-order valence-corrected chi connectivity index (χ1v) is 10.1. The number of alkyl halides is 3. The Morgan fingerprint density at radius 3 is 2.43 bits per heavy atom. The molecule has 0 spiro atoms. The molecule has 0 N–H and O–H groups in total. The van der Waals surface area contributed by atoms with E-state index in [2.05, 4.69) is 19.9 Å². The summed E-state index contributed by atoms with van der Waals surface area (Å²) < 4.78 is 38.2. The predicted molar refractivity (Wildman–Crippen MR) is 103 cm³/mol. The van der Waals surface area contributed by atoms with Crippen LogP contribution in [0.1, 0.15) is 22.4 Å². The third-order valence-electron chi connectivity index (χ3n) is 5.46. The Kier molecular flexibility index (Phi) is 4.15. The van der Waals surface area contributed by atoms with Gasteiger partial charge in [0.05, 0.1) is 10.9 Å². The normalized spacial score (nSPS) is 17.4. The minimum Gasteiger partial charge on any atom is -0.353 e. The molecular formula is C19H18F3N5S. The van der Waals surface area contributed by atoms with E-state index in [1.165, 1.54) is 28.3 Å². The van der Waals surface area contributed by atoms with Crippen LogP contribution in [0.5, 0.6) is 0 Å². The van der Waals surface area contributed by atoms with Gasteiger partial charge in [0.25, 0.3) is 0 Å². The summed E-state index contributed by atoms with van der Waals surface area (Å²) in [6.45, 7) is 2.88. The Morgan fingerprint density at radius 1 is 0.929 bits per heavy atom. The van der Waals surface area contributed by atoms with E-state index in [1.54, 1.807) is 17.7 Å². The van der Waals surface area contributed by atoms with Crippen molar-refractivity contribution in [1.29, 1.82) is 0 Å². The molecule has 4 heterocycles. The van der Waals surface area contributed by atoms with Crippen molar-refractivity contribution < 1.29 is 13.2 Å². The number of anilines is 2. The highest BCUT2D eigenvalue weighted by Crippen LogP contribution is 2.40. The zero-order valence-corrected chi connectivity index (χ0v) is 15.9. The number of aromatic nitrogens is 3.